The van der Waals surface area contributed by atoms with Gasteiger partial charge in [0.15, 0.2) is 0 Å². The van der Waals surface area contributed by atoms with Crippen molar-refractivity contribution in [1.82, 2.24) is 0 Å². The van der Waals surface area contributed by atoms with Crippen LogP contribution in [0.15, 0.2) is 0 Å². The van der Waals surface area contributed by atoms with E-state index in [1.807, 2.05) is 0 Å². The van der Waals surface area contributed by atoms with Crippen LogP contribution >= 0.6 is 0 Å². The second kappa shape index (κ2) is 30.2. The lowest BCUT2D eigenvalue weighted by molar-refractivity contribution is 0.0286. The van der Waals surface area contributed by atoms with E-state index >= 15 is 0 Å². The molecule has 9 aliphatic rings. The number of hydrogen-bond acceptors (Lipinski definition) is 0. The van der Waals surface area contributed by atoms with Crippen LogP contribution in [0.4, 0.5) is 0 Å². The van der Waals surface area contributed by atoms with Gasteiger partial charge in [-0.1, -0.05) is 270 Å². The minimum Gasteiger partial charge on any atom is -0.0651 e. The van der Waals surface area contributed by atoms with E-state index in [4.69, 9.17) is 0 Å². The van der Waals surface area contributed by atoms with Gasteiger partial charge >= 0.3 is 0 Å². The van der Waals surface area contributed by atoms with E-state index in [-0.39, 0.29) is 0 Å². The monoisotopic (exact) mass is 1040 g/mol. The fourth-order valence-corrected chi connectivity index (χ4v) is 16.4. The Morgan fingerprint density at radius 1 is 0.432 bits per heavy atom. The van der Waals surface area contributed by atoms with Gasteiger partial charge in [-0.2, -0.15) is 0 Å². The van der Waals surface area contributed by atoms with Crippen LogP contribution in [0, 0.1) is 114 Å². The van der Waals surface area contributed by atoms with Crippen LogP contribution in [0.3, 0.4) is 0 Å². The van der Waals surface area contributed by atoms with E-state index < -0.39 is 0 Å². The summed E-state index contributed by atoms with van der Waals surface area (Å²) in [7, 11) is 0. The zero-order valence-electron chi connectivity index (χ0n) is 56.7. The fourth-order valence-electron chi connectivity index (χ4n) is 16.4. The van der Waals surface area contributed by atoms with Gasteiger partial charge in [0, 0.05) is 0 Å². The summed E-state index contributed by atoms with van der Waals surface area (Å²) in [5, 5.41) is 0. The van der Waals surface area contributed by atoms with Crippen LogP contribution in [0.25, 0.3) is 0 Å². The summed E-state index contributed by atoms with van der Waals surface area (Å²) in [5.41, 5.74) is 4.97. The fraction of sp³-hybridized carbons (Fsp3) is 1.00. The second-order valence-electron chi connectivity index (χ2n) is 35.3. The summed E-state index contributed by atoms with van der Waals surface area (Å²) in [4.78, 5) is 0. The summed E-state index contributed by atoms with van der Waals surface area (Å²) >= 11 is 0. The average molecular weight is 1040 g/mol. The smallest absolute Gasteiger partial charge is 0.0297 e. The van der Waals surface area contributed by atoms with Crippen molar-refractivity contribution < 1.29 is 0 Å². The Hall–Kier alpha value is 0. The second-order valence-corrected chi connectivity index (χ2v) is 35.3. The quantitative estimate of drug-likeness (QED) is 0.259. The van der Waals surface area contributed by atoms with Gasteiger partial charge in [0.1, 0.15) is 0 Å². The van der Waals surface area contributed by atoms with Crippen LogP contribution < -0.4 is 0 Å². The molecule has 9 aliphatic carbocycles. The van der Waals surface area contributed by atoms with Crippen molar-refractivity contribution in [2.75, 3.05) is 0 Å². The number of fused-ring (bicyclic) bond motifs is 2. The molecule has 0 aliphatic heterocycles. The highest BCUT2D eigenvalue weighted by Gasteiger charge is 2.46. The molecule has 0 spiro atoms. The first kappa shape index (κ1) is 70.1. The predicted octanol–water partition coefficient (Wildman–Crippen LogP) is 25.7. The van der Waals surface area contributed by atoms with Crippen molar-refractivity contribution in [3.8, 4) is 0 Å². The van der Waals surface area contributed by atoms with E-state index in [0.29, 0.717) is 37.9 Å². The molecule has 442 valence electrons. The lowest BCUT2D eigenvalue weighted by Gasteiger charge is -2.47. The molecule has 0 radical (unpaired) electrons. The Labute approximate surface area is 471 Å². The summed E-state index contributed by atoms with van der Waals surface area (Å²) in [6.07, 6.45) is 40.9. The summed E-state index contributed by atoms with van der Waals surface area (Å²) in [5.74, 6) is 11.9. The minimum atomic E-state index is 0.571. The van der Waals surface area contributed by atoms with Crippen molar-refractivity contribution in [2.45, 2.75) is 360 Å². The lowest BCUT2D eigenvalue weighted by atomic mass is 9.58. The largest absolute Gasteiger partial charge is 0.0651 e. The van der Waals surface area contributed by atoms with E-state index in [1.165, 1.54) is 180 Å². The normalized spacial score (nSPS) is 34.1. The molecule has 9 rings (SSSR count). The van der Waals surface area contributed by atoms with Gasteiger partial charge in [0.25, 0.3) is 0 Å². The first-order valence-electron chi connectivity index (χ1n) is 33.8. The first-order chi connectivity index (χ1) is 33.8. The highest BCUT2D eigenvalue weighted by Crippen LogP contribution is 2.57. The summed E-state index contributed by atoms with van der Waals surface area (Å²) in [6.45, 7) is 62.2. The van der Waals surface area contributed by atoms with Crippen molar-refractivity contribution in [1.29, 1.82) is 0 Å². The molecule has 0 heterocycles. The maximum absolute atomic E-state index is 2.48. The lowest BCUT2D eigenvalue weighted by Crippen LogP contribution is -2.38. The number of hydrogen-bond donors (Lipinski definition) is 0. The maximum atomic E-state index is 2.48. The van der Waals surface area contributed by atoms with Crippen LogP contribution in [0.2, 0.25) is 0 Å². The molecule has 5 unspecified atom stereocenters. The van der Waals surface area contributed by atoms with Crippen LogP contribution in [-0.2, 0) is 0 Å². The van der Waals surface area contributed by atoms with Crippen LogP contribution in [-0.4, -0.2) is 0 Å². The van der Waals surface area contributed by atoms with Gasteiger partial charge in [0.05, 0.1) is 0 Å². The molecular formula is C74H146. The SMILES string of the molecule is CC(C)(C)C1CCC1.CC1C(C)(C)CCCC1(C)C.CC1CC(C)(C)CC(C)(C)C1.CC1CCC(C)(C)CC1.CC1CCCC(C)C1C.CCC(C)C1CCC1.C[C@@H]1CCCCC1(C)C.C[C@H]1CC2CCC1(C)C2. The average Bonchev–Trinajstić information content (AvgIpc) is 3.74. The third-order valence-electron chi connectivity index (χ3n) is 24.2. The van der Waals surface area contributed by atoms with E-state index in [1.54, 1.807) is 0 Å². The van der Waals surface area contributed by atoms with Gasteiger partial charge in [-0.25, -0.2) is 0 Å². The van der Waals surface area contributed by atoms with Gasteiger partial charge in [-0.3, -0.25) is 0 Å². The van der Waals surface area contributed by atoms with Gasteiger partial charge < -0.3 is 0 Å². The minimum absolute atomic E-state index is 0.571. The van der Waals surface area contributed by atoms with Crippen molar-refractivity contribution in [2.24, 2.45) is 114 Å². The molecule has 2 bridgehead atoms. The molecule has 0 aromatic heterocycles. The Balaban J connectivity index is 0.000000290. The maximum Gasteiger partial charge on any atom is -0.0297 e. The molecule has 0 saturated heterocycles. The molecule has 0 aromatic rings. The Kier molecular flexibility index (Phi) is 28.6. The Bertz CT molecular complexity index is 1430. The van der Waals surface area contributed by atoms with E-state index in [0.717, 1.165) is 76.4 Å². The summed E-state index contributed by atoms with van der Waals surface area (Å²) < 4.78 is 0. The van der Waals surface area contributed by atoms with Crippen LogP contribution in [0.1, 0.15) is 360 Å². The predicted molar refractivity (Wildman–Crippen MR) is 338 cm³/mol. The molecule has 0 aromatic carbocycles. The van der Waals surface area contributed by atoms with Crippen molar-refractivity contribution >= 4 is 0 Å². The van der Waals surface area contributed by atoms with Crippen molar-refractivity contribution in [3.63, 3.8) is 0 Å². The highest BCUT2D eigenvalue weighted by molar-refractivity contribution is 4.97. The first-order valence-corrected chi connectivity index (χ1v) is 33.8. The standard InChI is InChI=1S/2C11H22.C9H16.3C9H18.2C8H16/c1-9-6-10(2,3)8-11(4,5)7-9;1-9-10(2,3)7-6-8-11(9,4)5;1-7-5-8-3-4-9(7,2)6-8;1-8-4-6-9(2,3)7-5-8;1-8-6-4-5-7-9(8,2)3;1-7-5-4-6-8(2)9(7)3;1-8(2,3)7-5-4-6-7;1-3-7(2)8-5-4-6-8/h2*9H,6-8H2,1-5H3;7-8H,3-6H2,1-2H3;2*8H,4-7H2,1-3H3;7-9H,4-6H2,1-3H3;7H,4-6H2,1-3H3;7-8H,3-6H2,1-2H3/t;;7-,8?,9?;;8-;;;/m..0.1.../s1. The number of rotatable bonds is 2. The zero-order chi connectivity index (χ0) is 56.7. The molecule has 9 saturated carbocycles. The van der Waals surface area contributed by atoms with Crippen LogP contribution in [0.5, 0.6) is 0 Å². The molecule has 74 heavy (non-hydrogen) atoms. The molecule has 0 heteroatoms. The van der Waals surface area contributed by atoms with Gasteiger partial charge in [-0.05, 0) is 204 Å². The Morgan fingerprint density at radius 2 is 0.905 bits per heavy atom. The molecule has 0 nitrogen and oxygen atoms in total. The molecule has 0 N–H and O–H groups in total. The molecule has 0 amide bonds. The van der Waals surface area contributed by atoms with E-state index in [9.17, 15) is 0 Å². The Morgan fingerprint density at radius 3 is 1.15 bits per heavy atom. The zero-order valence-corrected chi connectivity index (χ0v) is 56.7. The van der Waals surface area contributed by atoms with Gasteiger partial charge in [0.2, 0.25) is 0 Å². The third kappa shape index (κ3) is 24.8. The molecule has 9 fully saturated rings. The molecular weight excluding hydrogens is 889 g/mol. The topological polar surface area (TPSA) is 0 Å². The summed E-state index contributed by atoms with van der Waals surface area (Å²) in [6, 6.07) is 0. The molecule has 7 atom stereocenters. The highest BCUT2D eigenvalue weighted by atomic mass is 14.5. The third-order valence-corrected chi connectivity index (χ3v) is 24.2. The van der Waals surface area contributed by atoms with E-state index in [2.05, 4.69) is 180 Å². The van der Waals surface area contributed by atoms with Gasteiger partial charge in [-0.15, -0.1) is 0 Å². The van der Waals surface area contributed by atoms with Crippen molar-refractivity contribution in [3.05, 3.63) is 0 Å².